The van der Waals surface area contributed by atoms with Crippen LogP contribution in [0.3, 0.4) is 0 Å². The second kappa shape index (κ2) is 16.0. The molecule has 3 unspecified atom stereocenters. The van der Waals surface area contributed by atoms with E-state index in [0.717, 1.165) is 65.5 Å². The summed E-state index contributed by atoms with van der Waals surface area (Å²) in [5.74, 6) is 1.73. The molecule has 37 heavy (non-hydrogen) atoms. The van der Waals surface area contributed by atoms with E-state index in [1.54, 1.807) is 0 Å². The highest BCUT2D eigenvalue weighted by molar-refractivity contribution is 5.52. The third-order valence-corrected chi connectivity index (χ3v) is 7.77. The van der Waals surface area contributed by atoms with Gasteiger partial charge in [-0.15, -0.1) is 0 Å². The smallest absolute Gasteiger partial charge is 0.122 e. The summed E-state index contributed by atoms with van der Waals surface area (Å²) >= 11 is 0. The van der Waals surface area contributed by atoms with Crippen LogP contribution in [-0.2, 0) is 19.3 Å². The molecule has 0 aromatic heterocycles. The Kier molecular flexibility index (Phi) is 13.5. The van der Waals surface area contributed by atoms with Gasteiger partial charge in [-0.05, 0) is 89.7 Å². The number of aromatic hydroxyl groups is 2. The number of rotatable bonds is 17. The largest absolute Gasteiger partial charge is 0.507 e. The van der Waals surface area contributed by atoms with Gasteiger partial charge < -0.3 is 20.4 Å². The predicted octanol–water partition coefficient (Wildman–Crippen LogP) is 7.76. The molecule has 0 saturated carbocycles. The third-order valence-electron chi connectivity index (χ3n) is 7.77. The first kappa shape index (κ1) is 31.2. The second-order valence-corrected chi connectivity index (χ2v) is 11.3. The van der Waals surface area contributed by atoms with E-state index in [9.17, 15) is 20.4 Å². The summed E-state index contributed by atoms with van der Waals surface area (Å²) in [4.78, 5) is 0. The first-order valence-corrected chi connectivity index (χ1v) is 14.7. The summed E-state index contributed by atoms with van der Waals surface area (Å²) in [5, 5.41) is 41.6. The molecule has 4 N–H and O–H groups in total. The lowest BCUT2D eigenvalue weighted by Gasteiger charge is -2.22. The fourth-order valence-electron chi connectivity index (χ4n) is 5.65. The summed E-state index contributed by atoms with van der Waals surface area (Å²) in [7, 11) is 0. The van der Waals surface area contributed by atoms with Gasteiger partial charge in [0.1, 0.15) is 11.5 Å². The minimum atomic E-state index is 0.140. The number of phenols is 2. The molecule has 0 amide bonds. The number of phenolic OH excluding ortho intramolecular Hbond substituents is 2. The van der Waals surface area contributed by atoms with Crippen LogP contribution in [0.25, 0.3) is 0 Å². The highest BCUT2D eigenvalue weighted by atomic mass is 16.3. The van der Waals surface area contributed by atoms with Crippen LogP contribution in [0, 0.1) is 5.92 Å². The highest BCUT2D eigenvalue weighted by Crippen LogP contribution is 2.39. The fraction of sp³-hybridized carbons (Fsp3) is 0.636. The molecule has 0 spiro atoms. The zero-order valence-corrected chi connectivity index (χ0v) is 24.0. The monoisotopic (exact) mass is 512 g/mol. The van der Waals surface area contributed by atoms with Crippen molar-refractivity contribution >= 4 is 0 Å². The number of benzene rings is 2. The fourth-order valence-corrected chi connectivity index (χ4v) is 5.65. The van der Waals surface area contributed by atoms with E-state index in [4.69, 9.17) is 0 Å². The van der Waals surface area contributed by atoms with E-state index in [2.05, 4.69) is 52.8 Å². The van der Waals surface area contributed by atoms with Crippen molar-refractivity contribution in [2.24, 2.45) is 5.92 Å². The Balaban J connectivity index is 2.50. The van der Waals surface area contributed by atoms with Gasteiger partial charge in [-0.2, -0.15) is 0 Å². The van der Waals surface area contributed by atoms with E-state index >= 15 is 0 Å². The molecule has 0 radical (unpaired) electrons. The summed E-state index contributed by atoms with van der Waals surface area (Å²) in [6.07, 6.45) is 10.0. The maximum Gasteiger partial charge on any atom is 0.122 e. The molecule has 2 rings (SSSR count). The molecule has 2 aromatic rings. The van der Waals surface area contributed by atoms with E-state index in [0.29, 0.717) is 36.7 Å². The Morgan fingerprint density at radius 1 is 0.649 bits per heavy atom. The molecular weight excluding hydrogens is 460 g/mol. The molecule has 0 bridgehead atoms. The van der Waals surface area contributed by atoms with Gasteiger partial charge in [-0.3, -0.25) is 0 Å². The first-order valence-electron chi connectivity index (χ1n) is 14.7. The van der Waals surface area contributed by atoms with Gasteiger partial charge in [-0.25, -0.2) is 0 Å². The Morgan fingerprint density at radius 3 is 1.62 bits per heavy atom. The lowest BCUT2D eigenvalue weighted by molar-refractivity contribution is 0.288. The quantitative estimate of drug-likeness (QED) is 0.175. The predicted molar refractivity (Wildman–Crippen MR) is 155 cm³/mol. The van der Waals surface area contributed by atoms with E-state index in [1.165, 1.54) is 19.3 Å². The molecule has 0 saturated heterocycles. The van der Waals surface area contributed by atoms with E-state index in [1.807, 2.05) is 6.07 Å². The lowest BCUT2D eigenvalue weighted by Crippen LogP contribution is -2.06. The summed E-state index contributed by atoms with van der Waals surface area (Å²) < 4.78 is 0. The van der Waals surface area contributed by atoms with E-state index in [-0.39, 0.29) is 25.0 Å². The van der Waals surface area contributed by atoms with E-state index < -0.39 is 0 Å². The molecule has 0 aliphatic carbocycles. The number of unbranched alkanes of at least 4 members (excludes halogenated alkanes) is 1. The Hall–Kier alpha value is -2.04. The van der Waals surface area contributed by atoms with Crippen molar-refractivity contribution in [2.75, 3.05) is 13.2 Å². The van der Waals surface area contributed by atoms with Crippen molar-refractivity contribution in [1.82, 2.24) is 0 Å². The molecule has 0 fully saturated rings. The minimum Gasteiger partial charge on any atom is -0.507 e. The van der Waals surface area contributed by atoms with Crippen molar-refractivity contribution in [1.29, 1.82) is 0 Å². The van der Waals surface area contributed by atoms with Crippen molar-refractivity contribution in [2.45, 2.75) is 117 Å². The lowest BCUT2D eigenvalue weighted by atomic mass is 9.84. The number of hydrogen-bond donors (Lipinski definition) is 4. The molecule has 3 atom stereocenters. The summed E-state index contributed by atoms with van der Waals surface area (Å²) in [6, 6.07) is 8.31. The number of hydrogen-bond acceptors (Lipinski definition) is 4. The van der Waals surface area contributed by atoms with Crippen LogP contribution in [0.2, 0.25) is 0 Å². The average Bonchev–Trinajstić information content (AvgIpc) is 2.87. The topological polar surface area (TPSA) is 80.9 Å². The molecule has 4 nitrogen and oxygen atoms in total. The molecule has 4 heteroatoms. The summed E-state index contributed by atoms with van der Waals surface area (Å²) in [6.45, 7) is 11.3. The van der Waals surface area contributed by atoms with Crippen LogP contribution in [-0.4, -0.2) is 33.6 Å². The first-order chi connectivity index (χ1) is 17.7. The van der Waals surface area contributed by atoms with Gasteiger partial charge in [0.05, 0.1) is 0 Å². The van der Waals surface area contributed by atoms with Crippen LogP contribution < -0.4 is 0 Å². The maximum absolute atomic E-state index is 11.5. The zero-order chi connectivity index (χ0) is 27.4. The normalized spacial score (nSPS) is 14.0. The molecule has 0 heterocycles. The Morgan fingerprint density at radius 2 is 1.16 bits per heavy atom. The summed E-state index contributed by atoms with van der Waals surface area (Å²) in [5.41, 5.74) is 5.85. The Bertz CT molecular complexity index is 952. The average molecular weight is 513 g/mol. The van der Waals surface area contributed by atoms with Crippen LogP contribution in [0.15, 0.2) is 24.3 Å². The van der Waals surface area contributed by atoms with Gasteiger partial charge >= 0.3 is 0 Å². The highest BCUT2D eigenvalue weighted by Gasteiger charge is 2.21. The van der Waals surface area contributed by atoms with Gasteiger partial charge in [0.15, 0.2) is 0 Å². The minimum absolute atomic E-state index is 0.140. The van der Waals surface area contributed by atoms with Gasteiger partial charge in [0.25, 0.3) is 0 Å². The number of aliphatic hydroxyl groups excluding tert-OH is 2. The molecule has 2 aromatic carbocycles. The molecule has 0 aliphatic heterocycles. The van der Waals surface area contributed by atoms with Crippen molar-refractivity contribution in [3.8, 4) is 11.5 Å². The van der Waals surface area contributed by atoms with Crippen LogP contribution >= 0.6 is 0 Å². The zero-order valence-electron chi connectivity index (χ0n) is 24.0. The van der Waals surface area contributed by atoms with Crippen molar-refractivity contribution in [3.05, 3.63) is 57.6 Å². The van der Waals surface area contributed by atoms with Crippen molar-refractivity contribution < 1.29 is 20.4 Å². The third kappa shape index (κ3) is 9.33. The Labute approximate surface area is 225 Å². The van der Waals surface area contributed by atoms with Crippen molar-refractivity contribution in [3.63, 3.8) is 0 Å². The number of aliphatic hydroxyl groups is 2. The molecule has 208 valence electrons. The van der Waals surface area contributed by atoms with Crippen LogP contribution in [0.5, 0.6) is 11.5 Å². The maximum atomic E-state index is 11.5. The van der Waals surface area contributed by atoms with Gasteiger partial charge in [0.2, 0.25) is 0 Å². The van der Waals surface area contributed by atoms with Crippen LogP contribution in [0.1, 0.15) is 131 Å². The standard InChI is InChI=1S/C33H52O4/c1-6-8-12-23(3)17-25(5)31-21-27(14-10-16-35)19-29(33(31)37)22-28-18-26(13-9-15-34)20-30(32(28)36)24(4)11-7-2/h18-21,23-25,34-37H,6-17,22H2,1-5H3. The van der Waals surface area contributed by atoms with Gasteiger partial charge in [0, 0.05) is 19.6 Å². The SMILES string of the molecule is CCCCC(C)CC(C)c1cc(CCCO)cc(Cc2cc(CCCO)cc(C(C)CCC)c2O)c1O. The molecule has 0 aliphatic rings. The number of aryl methyl sites for hydroxylation is 2. The van der Waals surface area contributed by atoms with Crippen LogP contribution in [0.4, 0.5) is 0 Å². The molecular formula is C33H52O4. The second-order valence-electron chi connectivity index (χ2n) is 11.3. The van der Waals surface area contributed by atoms with Gasteiger partial charge in [-0.1, -0.05) is 84.6 Å².